The molecule has 8 heavy (non-hydrogen) atoms. The van der Waals surface area contributed by atoms with E-state index in [4.69, 9.17) is 0 Å². The van der Waals surface area contributed by atoms with Crippen LogP contribution >= 0.6 is 0 Å². The smallest absolute Gasteiger partial charge is 0.350 e. The Morgan fingerprint density at radius 1 is 1.88 bits per heavy atom. The third kappa shape index (κ3) is 3.32. The Morgan fingerprint density at radius 3 is 2.88 bits per heavy atom. The SMILES string of the molecule is C=CC(=O)ONNC. The average Bonchev–Trinajstić information content (AvgIpc) is 1.83. The van der Waals surface area contributed by atoms with Gasteiger partial charge >= 0.3 is 5.97 Å². The fourth-order valence-corrected chi connectivity index (χ4v) is 0.143. The molecular weight excluding hydrogens is 108 g/mol. The van der Waals surface area contributed by atoms with Crippen molar-refractivity contribution in [3.8, 4) is 0 Å². The molecule has 4 heteroatoms. The van der Waals surface area contributed by atoms with E-state index in [2.05, 4.69) is 22.4 Å². The summed E-state index contributed by atoms with van der Waals surface area (Å²) in [5.74, 6) is -0.514. The summed E-state index contributed by atoms with van der Waals surface area (Å²) >= 11 is 0. The lowest BCUT2D eigenvalue weighted by Crippen LogP contribution is -2.29. The third-order valence-corrected chi connectivity index (χ3v) is 0.420. The van der Waals surface area contributed by atoms with Crippen molar-refractivity contribution in [3.63, 3.8) is 0 Å². The van der Waals surface area contributed by atoms with Gasteiger partial charge in [-0.3, -0.25) is 0 Å². The summed E-state index contributed by atoms with van der Waals surface area (Å²) in [6, 6.07) is 0. The van der Waals surface area contributed by atoms with Gasteiger partial charge in [0.05, 0.1) is 0 Å². The molecule has 0 aromatic heterocycles. The van der Waals surface area contributed by atoms with Crippen LogP contribution in [-0.2, 0) is 9.63 Å². The number of hydrazine groups is 1. The van der Waals surface area contributed by atoms with E-state index in [-0.39, 0.29) is 0 Å². The lowest BCUT2D eigenvalue weighted by Gasteiger charge is -1.97. The first kappa shape index (κ1) is 7.13. The van der Waals surface area contributed by atoms with Crippen molar-refractivity contribution in [1.29, 1.82) is 0 Å². The van der Waals surface area contributed by atoms with Crippen LogP contribution in [-0.4, -0.2) is 13.0 Å². The predicted octanol–water partition coefficient (Wildman–Crippen LogP) is -0.645. The number of nitrogens with one attached hydrogen (secondary N) is 2. The molecule has 46 valence electrons. The topological polar surface area (TPSA) is 50.4 Å². The second-order valence-electron chi connectivity index (χ2n) is 0.977. The molecule has 0 aromatic rings. The Hall–Kier alpha value is -0.870. The van der Waals surface area contributed by atoms with Crippen LogP contribution in [0.1, 0.15) is 0 Å². The van der Waals surface area contributed by atoms with Crippen LogP contribution < -0.4 is 11.0 Å². The van der Waals surface area contributed by atoms with Gasteiger partial charge in [0, 0.05) is 13.1 Å². The maximum absolute atomic E-state index is 10.1. The summed E-state index contributed by atoms with van der Waals surface area (Å²) in [6.45, 7) is 3.17. The molecule has 0 bridgehead atoms. The molecule has 4 nitrogen and oxygen atoms in total. The number of hydrogen-bond donors (Lipinski definition) is 2. The summed E-state index contributed by atoms with van der Waals surface area (Å²) in [6.07, 6.45) is 1.06. The van der Waals surface area contributed by atoms with Crippen LogP contribution in [0.25, 0.3) is 0 Å². The Labute approximate surface area is 47.4 Å². The normalized spacial score (nSPS) is 8.12. The van der Waals surface area contributed by atoms with Crippen molar-refractivity contribution in [2.24, 2.45) is 0 Å². The summed E-state index contributed by atoms with van der Waals surface area (Å²) in [5, 5.41) is 0. The van der Waals surface area contributed by atoms with Crippen molar-refractivity contribution in [3.05, 3.63) is 12.7 Å². The van der Waals surface area contributed by atoms with Crippen molar-refractivity contribution in [2.75, 3.05) is 7.05 Å². The van der Waals surface area contributed by atoms with Crippen LogP contribution in [0.2, 0.25) is 0 Å². The number of carbonyl (C=O) groups is 1. The molecule has 0 atom stereocenters. The summed E-state index contributed by atoms with van der Waals surface area (Å²) < 4.78 is 0. The molecule has 0 aliphatic carbocycles. The van der Waals surface area contributed by atoms with E-state index in [1.807, 2.05) is 0 Å². The minimum Gasteiger partial charge on any atom is -0.352 e. The molecule has 0 saturated carbocycles. The first-order valence-corrected chi connectivity index (χ1v) is 2.06. The van der Waals surface area contributed by atoms with Gasteiger partial charge in [-0.1, -0.05) is 12.2 Å². The highest BCUT2D eigenvalue weighted by molar-refractivity contribution is 5.80. The zero-order valence-electron chi connectivity index (χ0n) is 4.60. The van der Waals surface area contributed by atoms with Crippen molar-refractivity contribution in [2.45, 2.75) is 0 Å². The van der Waals surface area contributed by atoms with Gasteiger partial charge < -0.3 is 4.84 Å². The van der Waals surface area contributed by atoms with Crippen LogP contribution in [0.4, 0.5) is 0 Å². The maximum Gasteiger partial charge on any atom is 0.350 e. The fourth-order valence-electron chi connectivity index (χ4n) is 0.143. The largest absolute Gasteiger partial charge is 0.352 e. The quantitative estimate of drug-likeness (QED) is 0.380. The minimum absolute atomic E-state index is 0.514. The molecular formula is C4H8N2O2. The van der Waals surface area contributed by atoms with E-state index in [9.17, 15) is 4.79 Å². The third-order valence-electron chi connectivity index (χ3n) is 0.420. The predicted molar refractivity (Wildman–Crippen MR) is 28.5 cm³/mol. The number of carbonyl (C=O) groups excluding carboxylic acids is 1. The highest BCUT2D eigenvalue weighted by atomic mass is 16.7. The summed E-state index contributed by atoms with van der Waals surface area (Å²) in [7, 11) is 1.58. The number of hydrogen-bond acceptors (Lipinski definition) is 4. The standard InChI is InChI=1S/C4H8N2O2/c1-3-4(7)8-6-5-2/h3,5-6H,1H2,2H3. The summed E-state index contributed by atoms with van der Waals surface area (Å²) in [5.41, 5.74) is 4.52. The van der Waals surface area contributed by atoms with Crippen LogP contribution in [0.5, 0.6) is 0 Å². The van der Waals surface area contributed by atoms with Crippen LogP contribution in [0.3, 0.4) is 0 Å². The van der Waals surface area contributed by atoms with Gasteiger partial charge in [-0.25, -0.2) is 10.2 Å². The van der Waals surface area contributed by atoms with E-state index in [0.29, 0.717) is 0 Å². The van der Waals surface area contributed by atoms with Gasteiger partial charge in [0.25, 0.3) is 0 Å². The van der Waals surface area contributed by atoms with Gasteiger partial charge in [-0.05, 0) is 0 Å². The average molecular weight is 116 g/mol. The van der Waals surface area contributed by atoms with Gasteiger partial charge in [-0.15, -0.1) is 0 Å². The molecule has 0 fully saturated rings. The first-order valence-electron chi connectivity index (χ1n) is 2.06. The van der Waals surface area contributed by atoms with Crippen molar-refractivity contribution < 1.29 is 9.63 Å². The monoisotopic (exact) mass is 116 g/mol. The van der Waals surface area contributed by atoms with E-state index in [1.165, 1.54) is 0 Å². The Morgan fingerprint density at radius 2 is 2.50 bits per heavy atom. The van der Waals surface area contributed by atoms with Gasteiger partial charge in [0.1, 0.15) is 0 Å². The zero-order valence-corrected chi connectivity index (χ0v) is 4.60. The van der Waals surface area contributed by atoms with Gasteiger partial charge in [-0.2, -0.15) is 0 Å². The Bertz CT molecular complexity index is 92.0. The molecule has 0 rings (SSSR count). The van der Waals surface area contributed by atoms with E-state index >= 15 is 0 Å². The molecule has 0 unspecified atom stereocenters. The Kier molecular flexibility index (Phi) is 3.83. The van der Waals surface area contributed by atoms with E-state index in [1.54, 1.807) is 7.05 Å². The lowest BCUT2D eigenvalue weighted by atomic mass is 10.7. The fraction of sp³-hybridized carbons (Fsp3) is 0.250. The lowest BCUT2D eigenvalue weighted by molar-refractivity contribution is -0.147. The summed E-state index contributed by atoms with van der Waals surface area (Å²) in [4.78, 5) is 14.4. The van der Waals surface area contributed by atoms with Crippen molar-refractivity contribution >= 4 is 5.97 Å². The second-order valence-corrected chi connectivity index (χ2v) is 0.977. The molecule has 0 spiro atoms. The highest BCUT2D eigenvalue weighted by Crippen LogP contribution is 1.68. The van der Waals surface area contributed by atoms with Gasteiger partial charge in [0.15, 0.2) is 0 Å². The van der Waals surface area contributed by atoms with E-state index < -0.39 is 5.97 Å². The molecule has 0 saturated heterocycles. The molecule has 0 radical (unpaired) electrons. The van der Waals surface area contributed by atoms with Crippen molar-refractivity contribution in [1.82, 2.24) is 11.0 Å². The van der Waals surface area contributed by atoms with Crippen LogP contribution in [0.15, 0.2) is 12.7 Å². The zero-order chi connectivity index (χ0) is 6.41. The van der Waals surface area contributed by atoms with E-state index in [0.717, 1.165) is 6.08 Å². The van der Waals surface area contributed by atoms with Gasteiger partial charge in [0.2, 0.25) is 0 Å². The highest BCUT2D eigenvalue weighted by Gasteiger charge is 1.88. The molecule has 0 aliphatic rings. The molecule has 0 aromatic carbocycles. The molecule has 0 aliphatic heterocycles. The minimum atomic E-state index is -0.514. The Balaban J connectivity index is 3.11. The maximum atomic E-state index is 10.1. The molecule has 2 N–H and O–H groups in total. The van der Waals surface area contributed by atoms with Crippen LogP contribution in [0, 0.1) is 0 Å². The first-order chi connectivity index (χ1) is 3.81. The molecule has 0 heterocycles. The molecule has 0 amide bonds. The second kappa shape index (κ2) is 4.29. The number of rotatable bonds is 3.